The molecule has 1 aliphatic rings. The van der Waals surface area contributed by atoms with Gasteiger partial charge in [-0.2, -0.15) is 5.10 Å². The van der Waals surface area contributed by atoms with Gasteiger partial charge in [0.05, 0.1) is 5.69 Å². The Kier molecular flexibility index (Phi) is 4.12. The normalized spacial score (nSPS) is 13.5. The number of carbonyl (C=O) groups excluding carboxylic acids is 1. The van der Waals surface area contributed by atoms with Gasteiger partial charge in [-0.15, -0.1) is 10.2 Å². The van der Waals surface area contributed by atoms with Gasteiger partial charge in [-0.05, 0) is 69.2 Å². The summed E-state index contributed by atoms with van der Waals surface area (Å²) in [5.41, 5.74) is 3.64. The number of amides is 1. The molecule has 7 nitrogen and oxygen atoms in total. The fourth-order valence-corrected chi connectivity index (χ4v) is 2.74. The van der Waals surface area contributed by atoms with Crippen molar-refractivity contribution in [3.8, 4) is 5.82 Å². The second-order valence-electron chi connectivity index (χ2n) is 6.58. The van der Waals surface area contributed by atoms with E-state index < -0.39 is 0 Å². The molecule has 0 bridgehead atoms. The molecule has 7 heteroatoms. The number of hydrogen-bond acceptors (Lipinski definition) is 5. The molecule has 0 atom stereocenters. The van der Waals surface area contributed by atoms with Gasteiger partial charge in [0.2, 0.25) is 5.91 Å². The molecule has 2 N–H and O–H groups in total. The van der Waals surface area contributed by atoms with Crippen molar-refractivity contribution in [1.82, 2.24) is 20.0 Å². The van der Waals surface area contributed by atoms with E-state index in [9.17, 15) is 4.79 Å². The molecule has 0 unspecified atom stereocenters. The van der Waals surface area contributed by atoms with E-state index in [0.29, 0.717) is 11.6 Å². The first kappa shape index (κ1) is 16.3. The van der Waals surface area contributed by atoms with E-state index in [-0.39, 0.29) is 11.8 Å². The highest BCUT2D eigenvalue weighted by molar-refractivity contribution is 5.94. The lowest BCUT2D eigenvalue weighted by Gasteiger charge is -2.08. The Morgan fingerprint density at radius 2 is 1.77 bits per heavy atom. The molecule has 0 aliphatic heterocycles. The minimum absolute atomic E-state index is 0.108. The predicted molar refractivity (Wildman–Crippen MR) is 99.7 cm³/mol. The van der Waals surface area contributed by atoms with Crippen LogP contribution in [0.25, 0.3) is 5.82 Å². The van der Waals surface area contributed by atoms with Crippen LogP contribution >= 0.6 is 0 Å². The Morgan fingerprint density at radius 1 is 1.04 bits per heavy atom. The van der Waals surface area contributed by atoms with Crippen LogP contribution in [-0.2, 0) is 4.79 Å². The molecule has 26 heavy (non-hydrogen) atoms. The zero-order valence-corrected chi connectivity index (χ0v) is 14.7. The van der Waals surface area contributed by atoms with Crippen molar-refractivity contribution in [3.05, 3.63) is 53.9 Å². The lowest BCUT2D eigenvalue weighted by atomic mass is 10.2. The van der Waals surface area contributed by atoms with E-state index >= 15 is 0 Å². The highest BCUT2D eigenvalue weighted by Crippen LogP contribution is 2.30. The van der Waals surface area contributed by atoms with Gasteiger partial charge in [0.1, 0.15) is 0 Å². The SMILES string of the molecule is Cc1cc(C)n(-c2ccc(Nc3ccc(NC(=O)C4CC4)cc3)nn2)n1. The Hall–Kier alpha value is -3.22. The Bertz CT molecular complexity index is 926. The summed E-state index contributed by atoms with van der Waals surface area (Å²) in [4.78, 5) is 11.8. The molecule has 1 fully saturated rings. The predicted octanol–water partition coefficient (Wildman–Crippen LogP) is 3.37. The maximum atomic E-state index is 11.8. The monoisotopic (exact) mass is 348 g/mol. The van der Waals surface area contributed by atoms with Gasteiger partial charge < -0.3 is 10.6 Å². The van der Waals surface area contributed by atoms with Crippen molar-refractivity contribution in [2.24, 2.45) is 5.92 Å². The number of carbonyl (C=O) groups is 1. The van der Waals surface area contributed by atoms with Crippen LogP contribution < -0.4 is 10.6 Å². The Labute approximate surface area is 151 Å². The molecule has 0 radical (unpaired) electrons. The summed E-state index contributed by atoms with van der Waals surface area (Å²) in [7, 11) is 0. The van der Waals surface area contributed by atoms with Gasteiger partial charge >= 0.3 is 0 Å². The summed E-state index contributed by atoms with van der Waals surface area (Å²) in [6.07, 6.45) is 2.00. The minimum Gasteiger partial charge on any atom is -0.339 e. The smallest absolute Gasteiger partial charge is 0.227 e. The molecule has 1 amide bonds. The Morgan fingerprint density at radius 3 is 2.35 bits per heavy atom. The first-order chi connectivity index (χ1) is 12.6. The van der Waals surface area contributed by atoms with Gasteiger partial charge in [0, 0.05) is 23.0 Å². The third-order valence-electron chi connectivity index (χ3n) is 4.25. The second kappa shape index (κ2) is 6.59. The van der Waals surface area contributed by atoms with Gasteiger partial charge in [0.15, 0.2) is 11.6 Å². The molecule has 4 rings (SSSR count). The summed E-state index contributed by atoms with van der Waals surface area (Å²) in [6.45, 7) is 3.93. The summed E-state index contributed by atoms with van der Waals surface area (Å²) in [5, 5.41) is 19.0. The lowest BCUT2D eigenvalue weighted by Crippen LogP contribution is -2.13. The number of rotatable bonds is 5. The van der Waals surface area contributed by atoms with Gasteiger partial charge in [-0.25, -0.2) is 4.68 Å². The molecule has 1 aromatic carbocycles. The van der Waals surface area contributed by atoms with Crippen molar-refractivity contribution in [1.29, 1.82) is 0 Å². The molecular weight excluding hydrogens is 328 g/mol. The summed E-state index contributed by atoms with van der Waals surface area (Å²) in [6, 6.07) is 13.3. The Balaban J connectivity index is 1.42. The molecule has 0 saturated heterocycles. The first-order valence-electron chi connectivity index (χ1n) is 8.64. The summed E-state index contributed by atoms with van der Waals surface area (Å²) in [5.74, 6) is 1.63. The third kappa shape index (κ3) is 3.56. The van der Waals surface area contributed by atoms with Gasteiger partial charge in [0.25, 0.3) is 0 Å². The molecule has 3 aromatic rings. The first-order valence-corrected chi connectivity index (χ1v) is 8.64. The third-order valence-corrected chi connectivity index (χ3v) is 4.25. The van der Waals surface area contributed by atoms with Gasteiger partial charge in [-0.1, -0.05) is 0 Å². The molecule has 2 aromatic heterocycles. The molecule has 2 heterocycles. The molecule has 132 valence electrons. The van der Waals surface area contributed by atoms with E-state index in [2.05, 4.69) is 25.9 Å². The summed E-state index contributed by atoms with van der Waals surface area (Å²) >= 11 is 0. The topological polar surface area (TPSA) is 84.7 Å². The number of hydrogen-bond donors (Lipinski definition) is 2. The number of nitrogens with one attached hydrogen (secondary N) is 2. The van der Waals surface area contributed by atoms with Crippen molar-refractivity contribution >= 4 is 23.1 Å². The van der Waals surface area contributed by atoms with Gasteiger partial charge in [-0.3, -0.25) is 4.79 Å². The zero-order valence-electron chi connectivity index (χ0n) is 14.7. The maximum absolute atomic E-state index is 11.8. The fourth-order valence-electron chi connectivity index (χ4n) is 2.74. The minimum atomic E-state index is 0.108. The molecule has 0 spiro atoms. The molecule has 1 aliphatic carbocycles. The van der Waals surface area contributed by atoms with Crippen molar-refractivity contribution < 1.29 is 4.79 Å². The van der Waals surface area contributed by atoms with Crippen LogP contribution in [0.3, 0.4) is 0 Å². The number of nitrogens with zero attached hydrogens (tertiary/aromatic N) is 4. The van der Waals surface area contributed by atoms with Crippen LogP contribution in [0.1, 0.15) is 24.2 Å². The lowest BCUT2D eigenvalue weighted by molar-refractivity contribution is -0.117. The van der Waals surface area contributed by atoms with E-state index in [1.54, 1.807) is 4.68 Å². The number of aromatic nitrogens is 4. The number of anilines is 3. The molecule has 1 saturated carbocycles. The van der Waals surface area contributed by atoms with Crippen LogP contribution in [0.4, 0.5) is 17.2 Å². The van der Waals surface area contributed by atoms with Crippen molar-refractivity contribution in [3.63, 3.8) is 0 Å². The fraction of sp³-hybridized carbons (Fsp3) is 0.263. The average Bonchev–Trinajstić information content (AvgIpc) is 3.42. The van der Waals surface area contributed by atoms with Crippen LogP contribution in [0.2, 0.25) is 0 Å². The van der Waals surface area contributed by atoms with Crippen LogP contribution in [-0.4, -0.2) is 25.9 Å². The maximum Gasteiger partial charge on any atom is 0.227 e. The molecular formula is C19H20N6O. The largest absolute Gasteiger partial charge is 0.339 e. The van der Waals surface area contributed by atoms with Crippen molar-refractivity contribution in [2.75, 3.05) is 10.6 Å². The van der Waals surface area contributed by atoms with Crippen LogP contribution in [0.15, 0.2) is 42.5 Å². The highest BCUT2D eigenvalue weighted by Gasteiger charge is 2.29. The van der Waals surface area contributed by atoms with E-state index in [4.69, 9.17) is 0 Å². The standard InChI is InChI=1S/C19H20N6O/c1-12-11-13(2)25(24-12)18-10-9-17(22-23-18)20-15-5-7-16(8-6-15)21-19(26)14-3-4-14/h5-11,14H,3-4H2,1-2H3,(H,20,22)(H,21,26). The highest BCUT2D eigenvalue weighted by atomic mass is 16.2. The van der Waals surface area contributed by atoms with E-state index in [0.717, 1.165) is 35.6 Å². The second-order valence-corrected chi connectivity index (χ2v) is 6.58. The van der Waals surface area contributed by atoms with Crippen LogP contribution in [0.5, 0.6) is 0 Å². The van der Waals surface area contributed by atoms with E-state index in [1.165, 1.54) is 0 Å². The number of benzene rings is 1. The van der Waals surface area contributed by atoms with E-state index in [1.807, 2.05) is 56.3 Å². The van der Waals surface area contributed by atoms with Crippen LogP contribution in [0, 0.1) is 19.8 Å². The number of aryl methyl sites for hydroxylation is 2. The summed E-state index contributed by atoms with van der Waals surface area (Å²) < 4.78 is 1.77. The average molecular weight is 348 g/mol. The van der Waals surface area contributed by atoms with Crippen molar-refractivity contribution in [2.45, 2.75) is 26.7 Å². The zero-order chi connectivity index (χ0) is 18.1. The quantitative estimate of drug-likeness (QED) is 0.738.